The van der Waals surface area contributed by atoms with E-state index in [1.54, 1.807) is 12.4 Å². The second-order valence-corrected chi connectivity index (χ2v) is 4.81. The Hall–Kier alpha value is -1.96. The summed E-state index contributed by atoms with van der Waals surface area (Å²) in [6.45, 7) is 2.22. The van der Waals surface area contributed by atoms with Crippen LogP contribution in [-0.2, 0) is 9.53 Å². The highest BCUT2D eigenvalue weighted by atomic mass is 35.5. The third-order valence-electron chi connectivity index (χ3n) is 3.22. The average molecular weight is 324 g/mol. The Balaban J connectivity index is 0.00000176. The van der Waals surface area contributed by atoms with Crippen LogP contribution in [0.2, 0.25) is 0 Å². The lowest BCUT2D eigenvalue weighted by atomic mass is 10.2. The number of aromatic nitrogens is 3. The van der Waals surface area contributed by atoms with Crippen molar-refractivity contribution in [3.8, 4) is 5.69 Å². The quantitative estimate of drug-likeness (QED) is 0.877. The Morgan fingerprint density at radius 2 is 2.05 bits per heavy atom. The van der Waals surface area contributed by atoms with Crippen molar-refractivity contribution in [2.75, 3.05) is 25.0 Å². The number of morpholine rings is 1. The summed E-state index contributed by atoms with van der Waals surface area (Å²) >= 11 is 0. The van der Waals surface area contributed by atoms with Gasteiger partial charge in [-0.3, -0.25) is 4.79 Å². The minimum absolute atomic E-state index is 0. The molecule has 0 aliphatic carbocycles. The van der Waals surface area contributed by atoms with Crippen LogP contribution < -0.4 is 10.6 Å². The van der Waals surface area contributed by atoms with Crippen LogP contribution in [0.5, 0.6) is 0 Å². The molecule has 1 fully saturated rings. The summed E-state index contributed by atoms with van der Waals surface area (Å²) in [4.78, 5) is 13.5. The molecule has 0 spiro atoms. The summed E-state index contributed by atoms with van der Waals surface area (Å²) in [6, 6.07) is 7.37. The summed E-state index contributed by atoms with van der Waals surface area (Å²) in [5.41, 5.74) is 1.59. The first-order valence-corrected chi connectivity index (χ1v) is 6.90. The molecule has 2 heterocycles. The van der Waals surface area contributed by atoms with Crippen LogP contribution in [0.1, 0.15) is 6.42 Å². The van der Waals surface area contributed by atoms with E-state index in [1.165, 1.54) is 4.80 Å². The molecular weight excluding hydrogens is 306 g/mol. The van der Waals surface area contributed by atoms with Gasteiger partial charge in [0.25, 0.3) is 0 Å². The first-order chi connectivity index (χ1) is 10.3. The molecule has 1 aliphatic heterocycles. The zero-order valence-electron chi connectivity index (χ0n) is 11.9. The van der Waals surface area contributed by atoms with Crippen molar-refractivity contribution in [2.45, 2.75) is 12.5 Å². The molecule has 1 amide bonds. The third-order valence-corrected chi connectivity index (χ3v) is 3.22. The van der Waals surface area contributed by atoms with E-state index in [-0.39, 0.29) is 24.4 Å². The zero-order valence-corrected chi connectivity index (χ0v) is 12.8. The van der Waals surface area contributed by atoms with Crippen molar-refractivity contribution in [2.24, 2.45) is 0 Å². The van der Waals surface area contributed by atoms with E-state index in [0.717, 1.165) is 24.5 Å². The van der Waals surface area contributed by atoms with E-state index in [9.17, 15) is 4.79 Å². The Labute approximate surface area is 134 Å². The average Bonchev–Trinajstić information content (AvgIpc) is 3.03. The molecule has 2 N–H and O–H groups in total. The monoisotopic (exact) mass is 323 g/mol. The number of hydrogen-bond acceptors (Lipinski definition) is 5. The lowest BCUT2D eigenvalue weighted by Gasteiger charge is -2.23. The number of carbonyl (C=O) groups excluding carboxylic acids is 1. The van der Waals surface area contributed by atoms with Crippen molar-refractivity contribution in [1.82, 2.24) is 20.3 Å². The maximum atomic E-state index is 11.9. The summed E-state index contributed by atoms with van der Waals surface area (Å²) < 4.78 is 5.51. The van der Waals surface area contributed by atoms with Crippen LogP contribution in [0.4, 0.5) is 5.69 Å². The molecule has 0 radical (unpaired) electrons. The van der Waals surface area contributed by atoms with Gasteiger partial charge < -0.3 is 15.4 Å². The predicted molar refractivity (Wildman–Crippen MR) is 84.5 cm³/mol. The molecule has 0 bridgehead atoms. The topological polar surface area (TPSA) is 81.1 Å². The molecule has 3 rings (SSSR count). The largest absolute Gasteiger partial charge is 0.375 e. The Morgan fingerprint density at radius 3 is 2.68 bits per heavy atom. The summed E-state index contributed by atoms with van der Waals surface area (Å²) in [5.74, 6) is -0.0475. The summed E-state index contributed by atoms with van der Waals surface area (Å²) in [7, 11) is 0. The minimum Gasteiger partial charge on any atom is -0.375 e. The maximum absolute atomic E-state index is 11.9. The first kappa shape index (κ1) is 16.4. The number of hydrogen-bond donors (Lipinski definition) is 2. The molecule has 1 aliphatic rings. The SMILES string of the molecule is Cl.O=C(CC1CNCCO1)Nc1ccc(-n2nccn2)cc1. The molecule has 0 saturated carbocycles. The molecule has 1 atom stereocenters. The van der Waals surface area contributed by atoms with Gasteiger partial charge in [0.2, 0.25) is 5.91 Å². The highest BCUT2D eigenvalue weighted by Gasteiger charge is 2.17. The second-order valence-electron chi connectivity index (χ2n) is 4.81. The summed E-state index contributed by atoms with van der Waals surface area (Å²) in [6.07, 6.45) is 3.54. The number of carbonyl (C=O) groups is 1. The number of anilines is 1. The molecule has 1 aromatic carbocycles. The van der Waals surface area contributed by atoms with Crippen LogP contribution in [0.15, 0.2) is 36.7 Å². The first-order valence-electron chi connectivity index (χ1n) is 6.90. The normalized spacial score (nSPS) is 17.5. The Bertz CT molecular complexity index is 582. The number of rotatable bonds is 4. The Morgan fingerprint density at radius 1 is 1.32 bits per heavy atom. The smallest absolute Gasteiger partial charge is 0.227 e. The number of halogens is 1. The fraction of sp³-hybridized carbons (Fsp3) is 0.357. The predicted octanol–water partition coefficient (Wildman–Crippen LogP) is 1.01. The van der Waals surface area contributed by atoms with Crippen molar-refractivity contribution >= 4 is 24.0 Å². The maximum Gasteiger partial charge on any atom is 0.227 e. The number of ether oxygens (including phenoxy) is 1. The molecule has 7 nitrogen and oxygen atoms in total. The van der Waals surface area contributed by atoms with Crippen LogP contribution in [-0.4, -0.2) is 46.7 Å². The van der Waals surface area contributed by atoms with Gasteiger partial charge in [-0.05, 0) is 24.3 Å². The second kappa shape index (κ2) is 7.88. The van der Waals surface area contributed by atoms with Crippen LogP contribution in [0.25, 0.3) is 5.69 Å². The van der Waals surface area contributed by atoms with Gasteiger partial charge in [0.15, 0.2) is 0 Å². The van der Waals surface area contributed by atoms with Gasteiger partial charge in [0, 0.05) is 18.8 Å². The van der Waals surface area contributed by atoms with E-state index in [2.05, 4.69) is 20.8 Å². The lowest BCUT2D eigenvalue weighted by Crippen LogP contribution is -2.40. The van der Waals surface area contributed by atoms with Crippen LogP contribution >= 0.6 is 12.4 Å². The highest BCUT2D eigenvalue weighted by Crippen LogP contribution is 2.12. The molecule has 1 saturated heterocycles. The lowest BCUT2D eigenvalue weighted by molar-refractivity contribution is -0.119. The minimum atomic E-state index is -0.0497. The standard InChI is InChI=1S/C14H17N5O2.ClH/c20-14(9-13-10-15-7-8-21-13)18-11-1-3-12(4-2-11)19-16-5-6-17-19;/h1-6,13,15H,7-10H2,(H,18,20);1H. The van der Waals surface area contributed by atoms with Crippen molar-refractivity contribution in [3.63, 3.8) is 0 Å². The number of amides is 1. The number of benzene rings is 1. The van der Waals surface area contributed by atoms with Crippen molar-refractivity contribution in [1.29, 1.82) is 0 Å². The molecule has 118 valence electrons. The van der Waals surface area contributed by atoms with Gasteiger partial charge in [-0.25, -0.2) is 0 Å². The van der Waals surface area contributed by atoms with E-state index in [0.29, 0.717) is 13.0 Å². The molecular formula is C14H18ClN5O2. The fourth-order valence-electron chi connectivity index (χ4n) is 2.20. The van der Waals surface area contributed by atoms with Gasteiger partial charge in [0.05, 0.1) is 37.2 Å². The van der Waals surface area contributed by atoms with E-state index in [1.807, 2.05) is 24.3 Å². The molecule has 8 heteroatoms. The highest BCUT2D eigenvalue weighted by molar-refractivity contribution is 5.91. The van der Waals surface area contributed by atoms with E-state index in [4.69, 9.17) is 4.74 Å². The summed E-state index contributed by atoms with van der Waals surface area (Å²) in [5, 5.41) is 14.2. The van der Waals surface area contributed by atoms with Gasteiger partial charge in [0.1, 0.15) is 0 Å². The number of nitrogens with one attached hydrogen (secondary N) is 2. The molecule has 22 heavy (non-hydrogen) atoms. The van der Waals surface area contributed by atoms with E-state index < -0.39 is 0 Å². The van der Waals surface area contributed by atoms with Crippen LogP contribution in [0, 0.1) is 0 Å². The Kier molecular flexibility index (Phi) is 5.88. The molecule has 1 aromatic heterocycles. The molecule has 1 unspecified atom stereocenters. The van der Waals surface area contributed by atoms with E-state index >= 15 is 0 Å². The van der Waals surface area contributed by atoms with Gasteiger partial charge in [-0.15, -0.1) is 12.4 Å². The van der Waals surface area contributed by atoms with Crippen molar-refractivity contribution in [3.05, 3.63) is 36.7 Å². The van der Waals surface area contributed by atoms with Crippen LogP contribution in [0.3, 0.4) is 0 Å². The van der Waals surface area contributed by atoms with Crippen molar-refractivity contribution < 1.29 is 9.53 Å². The zero-order chi connectivity index (χ0) is 14.5. The van der Waals surface area contributed by atoms with Gasteiger partial charge >= 0.3 is 0 Å². The number of nitrogens with zero attached hydrogens (tertiary/aromatic N) is 3. The van der Waals surface area contributed by atoms with Gasteiger partial charge in [-0.2, -0.15) is 15.0 Å². The fourth-order valence-corrected chi connectivity index (χ4v) is 2.20. The van der Waals surface area contributed by atoms with Gasteiger partial charge in [-0.1, -0.05) is 0 Å². The molecule has 2 aromatic rings. The third kappa shape index (κ3) is 4.27.